The predicted octanol–water partition coefficient (Wildman–Crippen LogP) is 0.822. The van der Waals surface area contributed by atoms with Crippen LogP contribution >= 0.6 is 0 Å². The van der Waals surface area contributed by atoms with E-state index in [1.165, 1.54) is 0 Å². The lowest BCUT2D eigenvalue weighted by molar-refractivity contribution is 0.360. The van der Waals surface area contributed by atoms with Gasteiger partial charge in [0.1, 0.15) is 0 Å². The van der Waals surface area contributed by atoms with Crippen LogP contribution in [0, 0.1) is 6.92 Å². The second kappa shape index (κ2) is 4.23. The number of rotatable bonds is 3. The predicted molar refractivity (Wildman–Crippen MR) is 52.5 cm³/mol. The van der Waals surface area contributed by atoms with Crippen LogP contribution < -0.4 is 15.2 Å². The molecular weight excluding hydrogens is 182 g/mol. The van der Waals surface area contributed by atoms with E-state index in [1.807, 2.05) is 13.8 Å². The highest BCUT2D eigenvalue weighted by molar-refractivity contribution is 5.34. The summed E-state index contributed by atoms with van der Waals surface area (Å²) < 4.78 is 10.2. The zero-order valence-corrected chi connectivity index (χ0v) is 8.87. The highest BCUT2D eigenvalue weighted by Crippen LogP contribution is 2.24. The number of ether oxygens (including phenoxy) is 2. The summed E-state index contributed by atoms with van der Waals surface area (Å²) in [6.07, 6.45) is 0. The van der Waals surface area contributed by atoms with Gasteiger partial charge in [0, 0.05) is 0 Å². The van der Waals surface area contributed by atoms with E-state index in [-0.39, 0.29) is 6.04 Å². The molecule has 1 aromatic rings. The van der Waals surface area contributed by atoms with Gasteiger partial charge in [-0.1, -0.05) is 0 Å². The number of hydrogen-bond donors (Lipinski definition) is 1. The third kappa shape index (κ3) is 1.93. The Hall–Kier alpha value is -1.36. The largest absolute Gasteiger partial charge is 0.481 e. The molecule has 0 aliphatic heterocycles. The molecule has 78 valence electrons. The van der Waals surface area contributed by atoms with Crippen LogP contribution in [0.25, 0.3) is 0 Å². The Bertz CT molecular complexity index is 301. The SMILES string of the molecule is COc1nc(C(C)N)nc(OC)c1C. The fourth-order valence-corrected chi connectivity index (χ4v) is 1.09. The quantitative estimate of drug-likeness (QED) is 0.776. The zero-order chi connectivity index (χ0) is 10.7. The number of hydrogen-bond acceptors (Lipinski definition) is 5. The normalized spacial score (nSPS) is 12.4. The summed E-state index contributed by atoms with van der Waals surface area (Å²) in [5.41, 5.74) is 6.45. The van der Waals surface area contributed by atoms with Crippen LogP contribution in [-0.4, -0.2) is 24.2 Å². The van der Waals surface area contributed by atoms with Crippen LogP contribution in [-0.2, 0) is 0 Å². The molecule has 0 fully saturated rings. The molecule has 0 bridgehead atoms. The first-order chi connectivity index (χ1) is 6.60. The first-order valence-electron chi connectivity index (χ1n) is 4.32. The molecule has 0 aliphatic rings. The molecule has 0 aromatic carbocycles. The van der Waals surface area contributed by atoms with Gasteiger partial charge in [0.25, 0.3) is 0 Å². The lowest BCUT2D eigenvalue weighted by Crippen LogP contribution is -2.12. The lowest BCUT2D eigenvalue weighted by Gasteiger charge is -2.11. The van der Waals surface area contributed by atoms with Crippen LogP contribution in [0.1, 0.15) is 24.4 Å². The molecule has 14 heavy (non-hydrogen) atoms. The molecule has 5 nitrogen and oxygen atoms in total. The Balaban J connectivity index is 3.25. The zero-order valence-electron chi connectivity index (χ0n) is 8.87. The molecule has 0 spiro atoms. The summed E-state index contributed by atoms with van der Waals surface area (Å²) in [4.78, 5) is 8.32. The van der Waals surface area contributed by atoms with Gasteiger partial charge in [0.05, 0.1) is 25.8 Å². The summed E-state index contributed by atoms with van der Waals surface area (Å²) in [7, 11) is 3.11. The molecule has 1 aromatic heterocycles. The third-order valence-electron chi connectivity index (χ3n) is 1.87. The first-order valence-corrected chi connectivity index (χ1v) is 4.32. The van der Waals surface area contributed by atoms with Crippen molar-refractivity contribution >= 4 is 0 Å². The summed E-state index contributed by atoms with van der Waals surface area (Å²) in [6.45, 7) is 3.65. The highest BCUT2D eigenvalue weighted by Gasteiger charge is 2.13. The van der Waals surface area contributed by atoms with Crippen LogP contribution in [0.3, 0.4) is 0 Å². The van der Waals surface area contributed by atoms with Gasteiger partial charge in [-0.2, -0.15) is 9.97 Å². The van der Waals surface area contributed by atoms with E-state index in [2.05, 4.69) is 9.97 Å². The number of methoxy groups -OCH3 is 2. The van der Waals surface area contributed by atoms with Gasteiger partial charge >= 0.3 is 0 Å². The highest BCUT2D eigenvalue weighted by atomic mass is 16.5. The maximum Gasteiger partial charge on any atom is 0.223 e. The fraction of sp³-hybridized carbons (Fsp3) is 0.556. The minimum atomic E-state index is -0.238. The lowest BCUT2D eigenvalue weighted by atomic mass is 10.3. The molecular formula is C9H15N3O2. The van der Waals surface area contributed by atoms with Gasteiger partial charge in [0.15, 0.2) is 5.82 Å². The van der Waals surface area contributed by atoms with E-state index in [0.29, 0.717) is 17.6 Å². The van der Waals surface area contributed by atoms with Gasteiger partial charge in [-0.15, -0.1) is 0 Å². The maximum absolute atomic E-state index is 5.67. The van der Waals surface area contributed by atoms with E-state index in [9.17, 15) is 0 Å². The molecule has 0 amide bonds. The molecule has 1 rings (SSSR count). The van der Waals surface area contributed by atoms with Crippen molar-refractivity contribution in [2.45, 2.75) is 19.9 Å². The van der Waals surface area contributed by atoms with Gasteiger partial charge in [-0.3, -0.25) is 0 Å². The minimum absolute atomic E-state index is 0.238. The molecule has 0 radical (unpaired) electrons. The third-order valence-corrected chi connectivity index (χ3v) is 1.87. The van der Waals surface area contributed by atoms with Crippen molar-refractivity contribution < 1.29 is 9.47 Å². The number of nitrogens with two attached hydrogens (primary N) is 1. The maximum atomic E-state index is 5.67. The summed E-state index contributed by atoms with van der Waals surface area (Å²) in [6, 6.07) is -0.238. The number of nitrogens with zero attached hydrogens (tertiary/aromatic N) is 2. The van der Waals surface area contributed by atoms with Gasteiger partial charge < -0.3 is 15.2 Å². The van der Waals surface area contributed by atoms with Crippen molar-refractivity contribution in [3.8, 4) is 11.8 Å². The summed E-state index contributed by atoms with van der Waals surface area (Å²) in [5.74, 6) is 1.53. The van der Waals surface area contributed by atoms with Crippen molar-refractivity contribution in [2.24, 2.45) is 5.73 Å². The Morgan fingerprint density at radius 2 is 1.57 bits per heavy atom. The van der Waals surface area contributed by atoms with Crippen molar-refractivity contribution in [2.75, 3.05) is 14.2 Å². The van der Waals surface area contributed by atoms with Gasteiger partial charge in [-0.25, -0.2) is 0 Å². The van der Waals surface area contributed by atoms with Crippen LogP contribution in [0.15, 0.2) is 0 Å². The molecule has 1 atom stereocenters. The first kappa shape index (κ1) is 10.7. The Morgan fingerprint density at radius 1 is 1.14 bits per heavy atom. The Kier molecular flexibility index (Phi) is 3.24. The average Bonchev–Trinajstić information content (AvgIpc) is 2.17. The van der Waals surface area contributed by atoms with Crippen LogP contribution in [0.2, 0.25) is 0 Å². The minimum Gasteiger partial charge on any atom is -0.481 e. The molecule has 0 saturated carbocycles. The van der Waals surface area contributed by atoms with E-state index < -0.39 is 0 Å². The van der Waals surface area contributed by atoms with Crippen LogP contribution in [0.4, 0.5) is 0 Å². The van der Waals surface area contributed by atoms with Crippen molar-refractivity contribution in [1.82, 2.24) is 9.97 Å². The van der Waals surface area contributed by atoms with Crippen molar-refractivity contribution in [3.05, 3.63) is 11.4 Å². The second-order valence-electron chi connectivity index (χ2n) is 3.01. The van der Waals surface area contributed by atoms with E-state index in [1.54, 1.807) is 14.2 Å². The fourth-order valence-electron chi connectivity index (χ4n) is 1.09. The molecule has 5 heteroatoms. The molecule has 0 saturated heterocycles. The molecule has 2 N–H and O–H groups in total. The van der Waals surface area contributed by atoms with Crippen molar-refractivity contribution in [3.63, 3.8) is 0 Å². The molecule has 1 unspecified atom stereocenters. The van der Waals surface area contributed by atoms with E-state index in [4.69, 9.17) is 15.2 Å². The van der Waals surface area contributed by atoms with E-state index in [0.717, 1.165) is 5.56 Å². The molecule has 0 aliphatic carbocycles. The molecule has 1 heterocycles. The van der Waals surface area contributed by atoms with E-state index >= 15 is 0 Å². The average molecular weight is 197 g/mol. The monoisotopic (exact) mass is 197 g/mol. The van der Waals surface area contributed by atoms with Crippen molar-refractivity contribution in [1.29, 1.82) is 0 Å². The Labute approximate surface area is 83.3 Å². The summed E-state index contributed by atoms with van der Waals surface area (Å²) in [5, 5.41) is 0. The summed E-state index contributed by atoms with van der Waals surface area (Å²) >= 11 is 0. The topological polar surface area (TPSA) is 70.3 Å². The van der Waals surface area contributed by atoms with Gasteiger partial charge in [-0.05, 0) is 13.8 Å². The number of aromatic nitrogens is 2. The Morgan fingerprint density at radius 3 is 1.86 bits per heavy atom. The standard InChI is InChI=1S/C9H15N3O2/c1-5-8(13-3)11-7(6(2)10)12-9(5)14-4/h6H,10H2,1-4H3. The second-order valence-corrected chi connectivity index (χ2v) is 3.01. The van der Waals surface area contributed by atoms with Crippen LogP contribution in [0.5, 0.6) is 11.8 Å². The van der Waals surface area contributed by atoms with Gasteiger partial charge in [0.2, 0.25) is 11.8 Å². The smallest absolute Gasteiger partial charge is 0.223 e.